The summed E-state index contributed by atoms with van der Waals surface area (Å²) in [6.45, 7) is 1.29. The smallest absolute Gasteiger partial charge is 0.186 e. The van der Waals surface area contributed by atoms with Crippen molar-refractivity contribution in [3.8, 4) is 0 Å². The van der Waals surface area contributed by atoms with Crippen LogP contribution in [-0.2, 0) is 4.79 Å². The maximum atomic E-state index is 10.7. The van der Waals surface area contributed by atoms with Crippen LogP contribution in [0.4, 0.5) is 0 Å². The van der Waals surface area contributed by atoms with Crippen molar-refractivity contribution in [1.82, 2.24) is 0 Å². The summed E-state index contributed by atoms with van der Waals surface area (Å²) in [6, 6.07) is 0. The van der Waals surface area contributed by atoms with Gasteiger partial charge in [-0.3, -0.25) is 4.79 Å². The molecular formula is C8H12O3. The van der Waals surface area contributed by atoms with Crippen molar-refractivity contribution in [3.05, 3.63) is 24.3 Å². The van der Waals surface area contributed by atoms with Crippen molar-refractivity contribution < 1.29 is 15.0 Å². The van der Waals surface area contributed by atoms with Crippen LogP contribution in [0.1, 0.15) is 6.92 Å². The monoisotopic (exact) mass is 156 g/mol. The summed E-state index contributed by atoms with van der Waals surface area (Å²) in [5.74, 6) is -0.481. The largest absolute Gasteiger partial charge is 0.393 e. The topological polar surface area (TPSA) is 57.5 Å². The molecule has 0 aromatic rings. The third-order valence-electron chi connectivity index (χ3n) is 1.07. The quantitative estimate of drug-likeness (QED) is 0.446. The second-order valence-electron chi connectivity index (χ2n) is 1.99. The van der Waals surface area contributed by atoms with Gasteiger partial charge in [-0.05, 0) is 13.0 Å². The SMILES string of the molecule is C/C=C/C=C/C(=O)C(O)CO. The van der Waals surface area contributed by atoms with Crippen molar-refractivity contribution in [3.63, 3.8) is 0 Å². The Morgan fingerprint density at radius 3 is 2.64 bits per heavy atom. The molecule has 0 saturated heterocycles. The molecule has 0 aromatic carbocycles. The van der Waals surface area contributed by atoms with Gasteiger partial charge in [0.2, 0.25) is 0 Å². The minimum Gasteiger partial charge on any atom is -0.393 e. The standard InChI is InChI=1S/C8H12O3/c1-2-3-4-5-7(10)8(11)6-9/h2-5,8-9,11H,6H2,1H3/b3-2+,5-4+. The minimum atomic E-state index is -1.28. The number of hydrogen-bond donors (Lipinski definition) is 2. The van der Waals surface area contributed by atoms with Gasteiger partial charge >= 0.3 is 0 Å². The maximum absolute atomic E-state index is 10.7. The fraction of sp³-hybridized carbons (Fsp3) is 0.375. The van der Waals surface area contributed by atoms with E-state index in [2.05, 4.69) is 0 Å². The first kappa shape index (κ1) is 10.1. The maximum Gasteiger partial charge on any atom is 0.186 e. The van der Waals surface area contributed by atoms with Crippen LogP contribution in [0, 0.1) is 0 Å². The van der Waals surface area contributed by atoms with E-state index in [0.29, 0.717) is 0 Å². The molecule has 3 heteroatoms. The predicted octanol–water partition coefficient (Wildman–Crippen LogP) is 0.0410. The van der Waals surface area contributed by atoms with Crippen LogP contribution in [0.2, 0.25) is 0 Å². The van der Waals surface area contributed by atoms with Gasteiger partial charge in [-0.15, -0.1) is 0 Å². The zero-order valence-electron chi connectivity index (χ0n) is 6.40. The van der Waals surface area contributed by atoms with Gasteiger partial charge in [0.25, 0.3) is 0 Å². The van der Waals surface area contributed by atoms with Gasteiger partial charge in [-0.2, -0.15) is 0 Å². The molecule has 0 spiro atoms. The average molecular weight is 156 g/mol. The molecule has 0 aromatic heterocycles. The molecule has 0 aliphatic rings. The van der Waals surface area contributed by atoms with E-state index in [-0.39, 0.29) is 0 Å². The molecule has 62 valence electrons. The molecule has 0 saturated carbocycles. The lowest BCUT2D eigenvalue weighted by Crippen LogP contribution is -2.21. The summed E-state index contributed by atoms with van der Waals surface area (Å²) in [6.07, 6.45) is 4.88. The number of aliphatic hydroxyl groups is 2. The molecule has 0 bridgehead atoms. The molecule has 0 amide bonds. The van der Waals surface area contributed by atoms with Crippen molar-refractivity contribution >= 4 is 5.78 Å². The second-order valence-corrected chi connectivity index (χ2v) is 1.99. The fourth-order valence-electron chi connectivity index (χ4n) is 0.463. The third kappa shape index (κ3) is 4.47. The number of allylic oxidation sites excluding steroid dienone is 3. The number of rotatable bonds is 4. The molecule has 1 unspecified atom stereocenters. The second kappa shape index (κ2) is 5.82. The first-order chi connectivity index (χ1) is 5.22. The minimum absolute atomic E-state index is 0.481. The van der Waals surface area contributed by atoms with Crippen molar-refractivity contribution in [2.75, 3.05) is 6.61 Å². The van der Waals surface area contributed by atoms with Crippen LogP contribution in [0.15, 0.2) is 24.3 Å². The lowest BCUT2D eigenvalue weighted by atomic mass is 10.2. The number of hydrogen-bond acceptors (Lipinski definition) is 3. The molecule has 3 nitrogen and oxygen atoms in total. The molecule has 11 heavy (non-hydrogen) atoms. The fourth-order valence-corrected chi connectivity index (χ4v) is 0.463. The van der Waals surface area contributed by atoms with Crippen LogP contribution in [-0.4, -0.2) is 28.7 Å². The highest BCUT2D eigenvalue weighted by molar-refractivity contribution is 5.93. The first-order valence-corrected chi connectivity index (χ1v) is 3.34. The van der Waals surface area contributed by atoms with Crippen LogP contribution < -0.4 is 0 Å². The highest BCUT2D eigenvalue weighted by atomic mass is 16.3. The Morgan fingerprint density at radius 1 is 1.55 bits per heavy atom. The highest BCUT2D eigenvalue weighted by Crippen LogP contribution is 1.87. The summed E-state index contributed by atoms with van der Waals surface area (Å²) in [7, 11) is 0. The Labute approximate surface area is 65.7 Å². The van der Waals surface area contributed by atoms with Crippen LogP contribution in [0.3, 0.4) is 0 Å². The van der Waals surface area contributed by atoms with E-state index in [9.17, 15) is 4.79 Å². The molecule has 1 atom stereocenters. The summed E-state index contributed by atoms with van der Waals surface area (Å²) >= 11 is 0. The Kier molecular flexibility index (Phi) is 5.33. The van der Waals surface area contributed by atoms with E-state index in [4.69, 9.17) is 10.2 Å². The van der Waals surface area contributed by atoms with Crippen molar-refractivity contribution in [2.45, 2.75) is 13.0 Å². The van der Waals surface area contributed by atoms with E-state index in [1.807, 2.05) is 6.92 Å². The lowest BCUT2D eigenvalue weighted by molar-refractivity contribution is -0.124. The van der Waals surface area contributed by atoms with Crippen LogP contribution in [0.25, 0.3) is 0 Å². The van der Waals surface area contributed by atoms with Gasteiger partial charge < -0.3 is 10.2 Å². The predicted molar refractivity (Wildman–Crippen MR) is 42.1 cm³/mol. The Morgan fingerprint density at radius 2 is 2.18 bits per heavy atom. The van der Waals surface area contributed by atoms with Crippen molar-refractivity contribution in [2.24, 2.45) is 0 Å². The third-order valence-corrected chi connectivity index (χ3v) is 1.07. The summed E-state index contributed by atoms with van der Waals surface area (Å²) in [4.78, 5) is 10.7. The zero-order valence-corrected chi connectivity index (χ0v) is 6.40. The van der Waals surface area contributed by atoms with E-state index in [1.165, 1.54) is 12.2 Å². The van der Waals surface area contributed by atoms with E-state index >= 15 is 0 Å². The molecular weight excluding hydrogens is 144 g/mol. The summed E-state index contributed by atoms with van der Waals surface area (Å²) in [5, 5.41) is 17.1. The Balaban J connectivity index is 3.86. The zero-order chi connectivity index (χ0) is 8.69. The Bertz CT molecular complexity index is 170. The van der Waals surface area contributed by atoms with Gasteiger partial charge in [-0.25, -0.2) is 0 Å². The molecule has 0 aliphatic carbocycles. The first-order valence-electron chi connectivity index (χ1n) is 3.34. The molecule has 0 fully saturated rings. The summed E-state index contributed by atoms with van der Waals surface area (Å²) < 4.78 is 0. The molecule has 0 heterocycles. The highest BCUT2D eigenvalue weighted by Gasteiger charge is 2.08. The van der Waals surface area contributed by atoms with Gasteiger partial charge in [0.15, 0.2) is 5.78 Å². The number of carbonyl (C=O) groups is 1. The van der Waals surface area contributed by atoms with Gasteiger partial charge in [0.1, 0.15) is 6.10 Å². The number of aliphatic hydroxyl groups excluding tert-OH is 2. The average Bonchev–Trinajstić information content (AvgIpc) is 2.03. The molecule has 0 radical (unpaired) electrons. The normalized spacial score (nSPS) is 14.5. The van der Waals surface area contributed by atoms with E-state index < -0.39 is 18.5 Å². The lowest BCUT2D eigenvalue weighted by Gasteiger charge is -1.98. The van der Waals surface area contributed by atoms with E-state index in [1.54, 1.807) is 12.2 Å². The molecule has 2 N–H and O–H groups in total. The molecule has 0 aliphatic heterocycles. The van der Waals surface area contributed by atoms with Gasteiger partial charge in [0.05, 0.1) is 6.61 Å². The Hall–Kier alpha value is -0.930. The van der Waals surface area contributed by atoms with Crippen LogP contribution in [0.5, 0.6) is 0 Å². The van der Waals surface area contributed by atoms with E-state index in [0.717, 1.165) is 0 Å². The summed E-state index contributed by atoms with van der Waals surface area (Å²) in [5.41, 5.74) is 0. The molecule has 0 rings (SSSR count). The van der Waals surface area contributed by atoms with Gasteiger partial charge in [-0.1, -0.05) is 18.2 Å². The number of ketones is 1. The van der Waals surface area contributed by atoms with Crippen LogP contribution >= 0.6 is 0 Å². The van der Waals surface area contributed by atoms with Gasteiger partial charge in [0, 0.05) is 0 Å². The van der Waals surface area contributed by atoms with Crippen molar-refractivity contribution in [1.29, 1.82) is 0 Å². The number of carbonyl (C=O) groups excluding carboxylic acids is 1.